The van der Waals surface area contributed by atoms with Crippen LogP contribution in [-0.4, -0.2) is 12.6 Å². The van der Waals surface area contributed by atoms with Gasteiger partial charge in [-0.15, -0.1) is 12.4 Å². The van der Waals surface area contributed by atoms with Crippen LogP contribution in [-0.2, 0) is 4.74 Å². The lowest BCUT2D eigenvalue weighted by Crippen LogP contribution is -2.46. The molecule has 2 nitrogen and oxygen atoms in total. The van der Waals surface area contributed by atoms with E-state index in [2.05, 4.69) is 5.32 Å². The first-order valence-corrected chi connectivity index (χ1v) is 8.50. The van der Waals surface area contributed by atoms with Crippen LogP contribution >= 0.6 is 12.4 Å². The molecule has 122 valence electrons. The van der Waals surface area contributed by atoms with Gasteiger partial charge in [0, 0.05) is 29.8 Å². The fourth-order valence-electron chi connectivity index (χ4n) is 4.64. The molecular weight excluding hydrogens is 301 g/mol. The maximum Gasteiger partial charge on any atom is 0.123 e. The summed E-state index contributed by atoms with van der Waals surface area (Å²) in [7, 11) is 0. The Hall–Kier alpha value is -0.800. The van der Waals surface area contributed by atoms with Crippen LogP contribution in [0, 0.1) is 17.7 Å². The van der Waals surface area contributed by atoms with E-state index in [0.29, 0.717) is 12.0 Å². The number of rotatable bonds is 1. The molecule has 1 aromatic rings. The van der Waals surface area contributed by atoms with Crippen molar-refractivity contribution in [2.75, 3.05) is 11.9 Å². The van der Waals surface area contributed by atoms with Crippen LogP contribution in [0.3, 0.4) is 0 Å². The lowest BCUT2D eigenvalue weighted by atomic mass is 9.71. The topological polar surface area (TPSA) is 21.3 Å². The highest BCUT2D eigenvalue weighted by Gasteiger charge is 2.42. The minimum atomic E-state index is -0.153. The van der Waals surface area contributed by atoms with Gasteiger partial charge in [-0.25, -0.2) is 4.39 Å². The van der Waals surface area contributed by atoms with Crippen molar-refractivity contribution in [3.05, 3.63) is 29.6 Å². The average molecular weight is 326 g/mol. The molecule has 4 heteroatoms. The summed E-state index contributed by atoms with van der Waals surface area (Å²) in [4.78, 5) is 0. The lowest BCUT2D eigenvalue weighted by Gasteiger charge is -2.47. The third-order valence-electron chi connectivity index (χ3n) is 5.63. The maximum atomic E-state index is 13.6. The van der Waals surface area contributed by atoms with Crippen molar-refractivity contribution < 1.29 is 9.13 Å². The molecule has 1 N–H and O–H groups in total. The SMILES string of the molecule is Cl.Fc1ccc2c(c1)[C@H]1OCCC[C@H]1[C@@H](C1CCCCC1)N2. The van der Waals surface area contributed by atoms with Crippen molar-refractivity contribution in [1.82, 2.24) is 0 Å². The van der Waals surface area contributed by atoms with E-state index >= 15 is 0 Å². The van der Waals surface area contributed by atoms with Crippen molar-refractivity contribution in [2.24, 2.45) is 11.8 Å². The molecule has 0 bridgehead atoms. The molecule has 3 aliphatic rings. The van der Waals surface area contributed by atoms with Gasteiger partial charge in [0.15, 0.2) is 0 Å². The van der Waals surface area contributed by atoms with Crippen molar-refractivity contribution in [2.45, 2.75) is 57.1 Å². The van der Waals surface area contributed by atoms with E-state index in [1.807, 2.05) is 6.07 Å². The van der Waals surface area contributed by atoms with E-state index < -0.39 is 0 Å². The van der Waals surface area contributed by atoms with E-state index in [1.165, 1.54) is 38.5 Å². The molecular formula is C18H25ClFNO. The van der Waals surface area contributed by atoms with E-state index in [0.717, 1.165) is 30.2 Å². The number of benzene rings is 1. The molecule has 4 rings (SSSR count). The van der Waals surface area contributed by atoms with Crippen LogP contribution in [0.4, 0.5) is 10.1 Å². The van der Waals surface area contributed by atoms with Crippen LogP contribution in [0.2, 0.25) is 0 Å². The molecule has 0 unspecified atom stereocenters. The summed E-state index contributed by atoms with van der Waals surface area (Å²) in [5.74, 6) is 1.11. The number of anilines is 1. The number of hydrogen-bond donors (Lipinski definition) is 1. The second kappa shape index (κ2) is 6.76. The Kier molecular flexibility index (Phi) is 4.94. The molecule has 0 radical (unpaired) electrons. The zero-order chi connectivity index (χ0) is 14.2. The van der Waals surface area contributed by atoms with Crippen molar-refractivity contribution >= 4 is 18.1 Å². The van der Waals surface area contributed by atoms with Gasteiger partial charge in [0.25, 0.3) is 0 Å². The first-order valence-electron chi connectivity index (χ1n) is 8.50. The highest BCUT2D eigenvalue weighted by molar-refractivity contribution is 5.85. The van der Waals surface area contributed by atoms with E-state index in [9.17, 15) is 4.39 Å². The van der Waals surface area contributed by atoms with Crippen LogP contribution < -0.4 is 5.32 Å². The molecule has 3 atom stereocenters. The van der Waals surface area contributed by atoms with Gasteiger partial charge < -0.3 is 10.1 Å². The minimum absolute atomic E-state index is 0. The third kappa shape index (κ3) is 2.85. The van der Waals surface area contributed by atoms with Crippen molar-refractivity contribution in [3.8, 4) is 0 Å². The van der Waals surface area contributed by atoms with E-state index in [4.69, 9.17) is 4.74 Å². The van der Waals surface area contributed by atoms with Gasteiger partial charge in [-0.1, -0.05) is 19.3 Å². The minimum Gasteiger partial charge on any atom is -0.381 e. The molecule has 0 amide bonds. The van der Waals surface area contributed by atoms with Gasteiger partial charge in [0.05, 0.1) is 6.10 Å². The first kappa shape index (κ1) is 16.1. The van der Waals surface area contributed by atoms with Crippen LogP contribution in [0.25, 0.3) is 0 Å². The molecule has 22 heavy (non-hydrogen) atoms. The first-order chi connectivity index (χ1) is 10.3. The molecule has 1 aliphatic carbocycles. The Morgan fingerprint density at radius 3 is 2.68 bits per heavy atom. The van der Waals surface area contributed by atoms with Gasteiger partial charge in [-0.2, -0.15) is 0 Å². The van der Waals surface area contributed by atoms with E-state index in [1.54, 1.807) is 12.1 Å². The quantitative estimate of drug-likeness (QED) is 0.776. The standard InChI is InChI=1S/C18H24FNO.ClH/c19-13-8-9-16-15(11-13)18-14(7-4-10-21-18)17(20-16)12-5-2-1-3-6-12;/h8-9,11-12,14,17-18,20H,1-7,10H2;1H/t14-,17+,18-;/m0./s1. The fourth-order valence-corrected chi connectivity index (χ4v) is 4.64. The number of hydrogen-bond acceptors (Lipinski definition) is 2. The predicted octanol–water partition coefficient (Wildman–Crippen LogP) is 5.09. The largest absolute Gasteiger partial charge is 0.381 e. The summed E-state index contributed by atoms with van der Waals surface area (Å²) in [6.07, 6.45) is 9.20. The Bertz CT molecular complexity index is 518. The highest BCUT2D eigenvalue weighted by Crippen LogP contribution is 2.47. The molecule has 1 saturated heterocycles. The summed E-state index contributed by atoms with van der Waals surface area (Å²) >= 11 is 0. The van der Waals surface area contributed by atoms with Gasteiger partial charge in [0.1, 0.15) is 5.82 Å². The van der Waals surface area contributed by atoms with Crippen molar-refractivity contribution in [3.63, 3.8) is 0 Å². The van der Waals surface area contributed by atoms with Gasteiger partial charge in [-0.05, 0) is 49.8 Å². The van der Waals surface area contributed by atoms with Crippen LogP contribution in [0.15, 0.2) is 18.2 Å². The number of halogens is 2. The average Bonchev–Trinajstić information content (AvgIpc) is 2.55. The maximum absolute atomic E-state index is 13.6. The molecule has 2 heterocycles. The second-order valence-corrected chi connectivity index (χ2v) is 6.90. The molecule has 0 spiro atoms. The molecule has 2 aliphatic heterocycles. The molecule has 1 aromatic carbocycles. The van der Waals surface area contributed by atoms with Crippen LogP contribution in [0.1, 0.15) is 56.6 Å². The summed E-state index contributed by atoms with van der Waals surface area (Å²) in [6.45, 7) is 0.814. The van der Waals surface area contributed by atoms with Crippen molar-refractivity contribution in [1.29, 1.82) is 0 Å². The zero-order valence-corrected chi connectivity index (χ0v) is 13.7. The summed E-state index contributed by atoms with van der Waals surface area (Å²) < 4.78 is 19.7. The number of ether oxygens (including phenoxy) is 1. The van der Waals surface area contributed by atoms with Gasteiger partial charge >= 0.3 is 0 Å². The normalized spacial score (nSPS) is 31.4. The third-order valence-corrected chi connectivity index (χ3v) is 5.63. The fraction of sp³-hybridized carbons (Fsp3) is 0.667. The number of fused-ring (bicyclic) bond motifs is 3. The monoisotopic (exact) mass is 325 g/mol. The Morgan fingerprint density at radius 2 is 1.86 bits per heavy atom. The smallest absolute Gasteiger partial charge is 0.123 e. The highest BCUT2D eigenvalue weighted by atomic mass is 35.5. The Labute approximate surface area is 138 Å². The van der Waals surface area contributed by atoms with Crippen LogP contribution in [0.5, 0.6) is 0 Å². The molecule has 2 fully saturated rings. The van der Waals surface area contributed by atoms with E-state index in [-0.39, 0.29) is 24.3 Å². The summed E-state index contributed by atoms with van der Waals surface area (Å²) in [5, 5.41) is 3.75. The predicted molar refractivity (Wildman–Crippen MR) is 89.1 cm³/mol. The zero-order valence-electron chi connectivity index (χ0n) is 12.9. The number of nitrogens with one attached hydrogen (secondary N) is 1. The van der Waals surface area contributed by atoms with Gasteiger partial charge in [0.2, 0.25) is 0 Å². The Balaban J connectivity index is 0.00000144. The van der Waals surface area contributed by atoms with Gasteiger partial charge in [-0.3, -0.25) is 0 Å². The summed E-state index contributed by atoms with van der Waals surface area (Å²) in [5.41, 5.74) is 2.13. The second-order valence-electron chi connectivity index (χ2n) is 6.90. The lowest BCUT2D eigenvalue weighted by molar-refractivity contribution is -0.0459. The molecule has 1 saturated carbocycles. The summed E-state index contributed by atoms with van der Waals surface area (Å²) in [6, 6.07) is 5.64. The molecule has 0 aromatic heterocycles. The Morgan fingerprint density at radius 1 is 1.05 bits per heavy atom.